The molecular weight excluding hydrogens is 278 g/mol. The Morgan fingerprint density at radius 2 is 1.50 bits per heavy atom. The first-order valence-electron chi connectivity index (χ1n) is 8.33. The lowest BCUT2D eigenvalue weighted by Gasteiger charge is -2.21. The van der Waals surface area contributed by atoms with Crippen molar-refractivity contribution in [1.82, 2.24) is 0 Å². The van der Waals surface area contributed by atoms with E-state index in [4.69, 9.17) is 19.9 Å². The summed E-state index contributed by atoms with van der Waals surface area (Å²) in [6.07, 6.45) is 1.91. The highest BCUT2D eigenvalue weighted by Gasteiger charge is 2.19. The predicted molar refractivity (Wildman–Crippen MR) is 91.1 cm³/mol. The molecule has 22 heavy (non-hydrogen) atoms. The lowest BCUT2D eigenvalue weighted by Crippen LogP contribution is -2.19. The smallest absolute Gasteiger partial charge is 0.203 e. The van der Waals surface area contributed by atoms with Gasteiger partial charge in [0.2, 0.25) is 5.75 Å². The molecule has 0 spiro atoms. The van der Waals surface area contributed by atoms with E-state index in [9.17, 15) is 0 Å². The second-order valence-electron chi connectivity index (χ2n) is 5.70. The van der Waals surface area contributed by atoms with Gasteiger partial charge in [0.25, 0.3) is 0 Å². The standard InChI is InChI=1S/C18H31NO3/c1-6-20-16-10-9-15(12-13(4)11-14(5)19)17(21-7-2)18(16)22-8-3/h9-10,13-14H,6-8,11-12,19H2,1-5H3. The van der Waals surface area contributed by atoms with Crippen molar-refractivity contribution in [3.63, 3.8) is 0 Å². The minimum atomic E-state index is 0.208. The third-order valence-electron chi connectivity index (χ3n) is 3.38. The van der Waals surface area contributed by atoms with E-state index in [-0.39, 0.29) is 6.04 Å². The Morgan fingerprint density at radius 3 is 2.05 bits per heavy atom. The number of hydrogen-bond acceptors (Lipinski definition) is 4. The Labute approximate surface area is 134 Å². The van der Waals surface area contributed by atoms with Gasteiger partial charge in [0.15, 0.2) is 11.5 Å². The topological polar surface area (TPSA) is 53.7 Å². The van der Waals surface area contributed by atoms with Crippen LogP contribution in [0.25, 0.3) is 0 Å². The Kier molecular flexibility index (Phi) is 8.10. The van der Waals surface area contributed by atoms with Crippen molar-refractivity contribution >= 4 is 0 Å². The molecule has 0 radical (unpaired) electrons. The molecular formula is C18H31NO3. The lowest BCUT2D eigenvalue weighted by molar-refractivity contribution is 0.258. The fraction of sp³-hybridized carbons (Fsp3) is 0.667. The summed E-state index contributed by atoms with van der Waals surface area (Å²) in [6, 6.07) is 4.26. The molecule has 0 heterocycles. The summed E-state index contributed by atoms with van der Waals surface area (Å²) in [5, 5.41) is 0. The maximum atomic E-state index is 5.91. The molecule has 2 N–H and O–H groups in total. The Balaban J connectivity index is 3.11. The van der Waals surface area contributed by atoms with Crippen LogP contribution in [0.2, 0.25) is 0 Å². The van der Waals surface area contributed by atoms with E-state index >= 15 is 0 Å². The minimum absolute atomic E-state index is 0.208. The summed E-state index contributed by atoms with van der Waals surface area (Å²) >= 11 is 0. The van der Waals surface area contributed by atoms with Crippen molar-refractivity contribution in [2.45, 2.75) is 53.5 Å². The van der Waals surface area contributed by atoms with Gasteiger partial charge in [-0.3, -0.25) is 0 Å². The molecule has 4 nitrogen and oxygen atoms in total. The number of hydrogen-bond donors (Lipinski definition) is 1. The van der Waals surface area contributed by atoms with E-state index in [1.54, 1.807) is 0 Å². The molecule has 1 rings (SSSR count). The number of nitrogens with two attached hydrogens (primary N) is 1. The molecule has 2 unspecified atom stereocenters. The first-order valence-corrected chi connectivity index (χ1v) is 8.33. The zero-order chi connectivity index (χ0) is 16.5. The van der Waals surface area contributed by atoms with Crippen molar-refractivity contribution in [3.8, 4) is 17.2 Å². The quantitative estimate of drug-likeness (QED) is 0.714. The number of benzene rings is 1. The fourth-order valence-electron chi connectivity index (χ4n) is 2.69. The first-order chi connectivity index (χ1) is 10.5. The zero-order valence-electron chi connectivity index (χ0n) is 14.6. The molecule has 1 aromatic rings. The molecule has 126 valence electrons. The van der Waals surface area contributed by atoms with Crippen LogP contribution in [-0.2, 0) is 6.42 Å². The molecule has 2 atom stereocenters. The Hall–Kier alpha value is -1.42. The van der Waals surface area contributed by atoms with Gasteiger partial charge in [-0.05, 0) is 58.1 Å². The number of ether oxygens (including phenoxy) is 3. The summed E-state index contributed by atoms with van der Waals surface area (Å²) in [5.41, 5.74) is 7.06. The van der Waals surface area contributed by atoms with E-state index in [1.165, 1.54) is 0 Å². The summed E-state index contributed by atoms with van der Waals surface area (Å²) in [6.45, 7) is 12.0. The second-order valence-corrected chi connectivity index (χ2v) is 5.70. The van der Waals surface area contributed by atoms with Crippen molar-refractivity contribution in [3.05, 3.63) is 17.7 Å². The van der Waals surface area contributed by atoms with Crippen LogP contribution in [0.5, 0.6) is 17.2 Å². The molecule has 0 bridgehead atoms. The monoisotopic (exact) mass is 309 g/mol. The van der Waals surface area contributed by atoms with Crippen LogP contribution in [0.3, 0.4) is 0 Å². The van der Waals surface area contributed by atoms with Crippen LogP contribution < -0.4 is 19.9 Å². The van der Waals surface area contributed by atoms with Crippen LogP contribution >= 0.6 is 0 Å². The third-order valence-corrected chi connectivity index (χ3v) is 3.38. The molecule has 4 heteroatoms. The summed E-state index contributed by atoms with van der Waals surface area (Å²) in [5.74, 6) is 2.77. The maximum Gasteiger partial charge on any atom is 0.203 e. The summed E-state index contributed by atoms with van der Waals surface area (Å²) in [7, 11) is 0. The van der Waals surface area contributed by atoms with Gasteiger partial charge in [0, 0.05) is 6.04 Å². The second kappa shape index (κ2) is 9.57. The van der Waals surface area contributed by atoms with Crippen molar-refractivity contribution in [2.75, 3.05) is 19.8 Å². The van der Waals surface area contributed by atoms with E-state index < -0.39 is 0 Å². The van der Waals surface area contributed by atoms with Gasteiger partial charge in [-0.2, -0.15) is 0 Å². The van der Waals surface area contributed by atoms with Gasteiger partial charge < -0.3 is 19.9 Å². The van der Waals surface area contributed by atoms with Crippen LogP contribution in [0.1, 0.15) is 46.6 Å². The SMILES string of the molecule is CCOc1ccc(CC(C)CC(C)N)c(OCC)c1OCC. The average Bonchev–Trinajstić information content (AvgIpc) is 2.44. The predicted octanol–water partition coefficient (Wildman–Crippen LogP) is 3.80. The molecule has 0 aromatic heterocycles. The molecule has 0 saturated carbocycles. The molecule has 0 amide bonds. The van der Waals surface area contributed by atoms with Crippen molar-refractivity contribution in [2.24, 2.45) is 11.7 Å². The van der Waals surface area contributed by atoms with Crippen LogP contribution in [0.15, 0.2) is 12.1 Å². The van der Waals surface area contributed by atoms with Crippen molar-refractivity contribution in [1.29, 1.82) is 0 Å². The molecule has 0 aliphatic rings. The van der Waals surface area contributed by atoms with Gasteiger partial charge in [-0.15, -0.1) is 0 Å². The zero-order valence-corrected chi connectivity index (χ0v) is 14.6. The van der Waals surface area contributed by atoms with E-state index in [0.717, 1.165) is 35.7 Å². The molecule has 0 fully saturated rings. The van der Waals surface area contributed by atoms with Crippen molar-refractivity contribution < 1.29 is 14.2 Å². The summed E-state index contributed by atoms with van der Waals surface area (Å²) < 4.78 is 17.4. The highest BCUT2D eigenvalue weighted by Crippen LogP contribution is 2.41. The first kappa shape index (κ1) is 18.6. The normalized spacial score (nSPS) is 13.5. The van der Waals surface area contributed by atoms with E-state index in [2.05, 4.69) is 13.0 Å². The van der Waals surface area contributed by atoms with Gasteiger partial charge in [-0.1, -0.05) is 13.0 Å². The summed E-state index contributed by atoms with van der Waals surface area (Å²) in [4.78, 5) is 0. The largest absolute Gasteiger partial charge is 0.490 e. The minimum Gasteiger partial charge on any atom is -0.490 e. The van der Waals surface area contributed by atoms with Gasteiger partial charge in [0.1, 0.15) is 0 Å². The maximum absolute atomic E-state index is 5.91. The molecule has 0 aliphatic heterocycles. The molecule has 0 aliphatic carbocycles. The van der Waals surface area contributed by atoms with E-state index in [0.29, 0.717) is 25.7 Å². The third kappa shape index (κ3) is 5.41. The highest BCUT2D eigenvalue weighted by molar-refractivity contribution is 5.56. The van der Waals surface area contributed by atoms with Crippen LogP contribution in [0.4, 0.5) is 0 Å². The van der Waals surface area contributed by atoms with E-state index in [1.807, 2.05) is 33.8 Å². The Bertz CT molecular complexity index is 446. The molecule has 1 aromatic carbocycles. The fourth-order valence-corrected chi connectivity index (χ4v) is 2.69. The highest BCUT2D eigenvalue weighted by atomic mass is 16.5. The lowest BCUT2D eigenvalue weighted by atomic mass is 9.94. The van der Waals surface area contributed by atoms with Gasteiger partial charge in [0.05, 0.1) is 19.8 Å². The van der Waals surface area contributed by atoms with Gasteiger partial charge in [-0.25, -0.2) is 0 Å². The molecule has 0 saturated heterocycles. The Morgan fingerprint density at radius 1 is 0.909 bits per heavy atom. The number of rotatable bonds is 10. The van der Waals surface area contributed by atoms with Crippen LogP contribution in [-0.4, -0.2) is 25.9 Å². The average molecular weight is 309 g/mol. The van der Waals surface area contributed by atoms with Crippen LogP contribution in [0, 0.1) is 5.92 Å². The van der Waals surface area contributed by atoms with Gasteiger partial charge >= 0.3 is 0 Å².